The summed E-state index contributed by atoms with van der Waals surface area (Å²) in [5, 5.41) is 11.8. The Balaban J connectivity index is 2.06. The molecule has 0 aliphatic heterocycles. The van der Waals surface area contributed by atoms with E-state index in [9.17, 15) is 14.0 Å². The van der Waals surface area contributed by atoms with Gasteiger partial charge in [0.1, 0.15) is 12.4 Å². The lowest BCUT2D eigenvalue weighted by molar-refractivity contribution is -0.114. The molecule has 116 valence electrons. The highest BCUT2D eigenvalue weighted by atomic mass is 19.1. The van der Waals surface area contributed by atoms with Crippen LogP contribution in [0.3, 0.4) is 0 Å². The molecular weight excluding hydrogens is 297 g/mol. The molecule has 2 aromatic rings. The molecule has 0 aliphatic rings. The van der Waals surface area contributed by atoms with E-state index in [2.05, 4.69) is 5.32 Å². The minimum absolute atomic E-state index is 0.105. The van der Waals surface area contributed by atoms with Crippen LogP contribution in [0.1, 0.15) is 17.3 Å². The Morgan fingerprint density at radius 3 is 2.52 bits per heavy atom. The van der Waals surface area contributed by atoms with Crippen LogP contribution in [0.25, 0.3) is 0 Å². The summed E-state index contributed by atoms with van der Waals surface area (Å²) in [4.78, 5) is 24.5. The number of ketones is 1. The number of carbonyl (C=O) groups excluding carboxylic acids is 2. The number of benzene rings is 2. The van der Waals surface area contributed by atoms with Gasteiger partial charge < -0.3 is 5.32 Å². The van der Waals surface area contributed by atoms with E-state index in [-0.39, 0.29) is 12.3 Å². The Labute approximate surface area is 133 Å². The zero-order valence-electron chi connectivity index (χ0n) is 12.4. The van der Waals surface area contributed by atoms with Crippen molar-refractivity contribution < 1.29 is 14.0 Å². The molecule has 0 saturated carbocycles. The minimum Gasteiger partial charge on any atom is -0.324 e. The van der Waals surface area contributed by atoms with Crippen molar-refractivity contribution in [2.45, 2.75) is 6.92 Å². The third-order valence-electron chi connectivity index (χ3n) is 3.11. The lowest BCUT2D eigenvalue weighted by Gasteiger charge is -2.15. The molecular formula is C17H14FN3O2. The van der Waals surface area contributed by atoms with Crippen molar-refractivity contribution in [3.05, 3.63) is 59.9 Å². The van der Waals surface area contributed by atoms with Crippen molar-refractivity contribution in [3.63, 3.8) is 0 Å². The smallest absolute Gasteiger partial charge is 0.245 e. The van der Waals surface area contributed by atoms with E-state index in [1.165, 1.54) is 31.2 Å². The van der Waals surface area contributed by atoms with Gasteiger partial charge in [-0.1, -0.05) is 12.1 Å². The van der Waals surface area contributed by atoms with Crippen molar-refractivity contribution in [3.8, 4) is 6.19 Å². The van der Waals surface area contributed by atoms with E-state index in [1.807, 2.05) is 6.19 Å². The second kappa shape index (κ2) is 7.18. The molecule has 0 radical (unpaired) electrons. The molecule has 0 unspecified atom stereocenters. The molecule has 1 N–H and O–H groups in total. The van der Waals surface area contributed by atoms with E-state index < -0.39 is 11.7 Å². The van der Waals surface area contributed by atoms with Gasteiger partial charge in [-0.15, -0.1) is 0 Å². The van der Waals surface area contributed by atoms with Crippen LogP contribution in [0, 0.1) is 17.3 Å². The Morgan fingerprint density at radius 2 is 1.91 bits per heavy atom. The van der Waals surface area contributed by atoms with E-state index >= 15 is 0 Å². The van der Waals surface area contributed by atoms with Gasteiger partial charge in [-0.05, 0) is 43.3 Å². The monoisotopic (exact) mass is 311 g/mol. The van der Waals surface area contributed by atoms with E-state index in [0.717, 1.165) is 4.90 Å². The van der Waals surface area contributed by atoms with Crippen LogP contribution in [-0.4, -0.2) is 18.2 Å². The molecule has 23 heavy (non-hydrogen) atoms. The molecule has 6 heteroatoms. The summed E-state index contributed by atoms with van der Waals surface area (Å²) in [7, 11) is 0. The summed E-state index contributed by atoms with van der Waals surface area (Å²) < 4.78 is 12.9. The normalized spacial score (nSPS) is 9.78. The van der Waals surface area contributed by atoms with Gasteiger partial charge in [0.2, 0.25) is 5.91 Å². The number of hydrogen-bond donors (Lipinski definition) is 1. The number of rotatable bonds is 5. The summed E-state index contributed by atoms with van der Waals surface area (Å²) in [5.41, 5.74) is 1.37. The van der Waals surface area contributed by atoms with Crippen LogP contribution < -0.4 is 10.2 Å². The Hall–Kier alpha value is -3.20. The number of hydrogen-bond acceptors (Lipinski definition) is 4. The Kier molecular flexibility index (Phi) is 5.05. The SMILES string of the molecule is CC(=O)c1cccc(NC(=O)CN(C#N)c2ccc(F)cc2)c1. The molecule has 0 aromatic heterocycles. The van der Waals surface area contributed by atoms with Crippen LogP contribution in [-0.2, 0) is 4.79 Å². The fourth-order valence-electron chi connectivity index (χ4n) is 1.97. The number of anilines is 2. The first-order valence-corrected chi connectivity index (χ1v) is 6.83. The van der Waals surface area contributed by atoms with Crippen molar-refractivity contribution in [2.24, 2.45) is 0 Å². The quantitative estimate of drug-likeness (QED) is 0.523. The highest BCUT2D eigenvalue weighted by molar-refractivity contribution is 5.98. The summed E-state index contributed by atoms with van der Waals surface area (Å²) in [6, 6.07) is 11.8. The van der Waals surface area contributed by atoms with Gasteiger partial charge >= 0.3 is 0 Å². The first kappa shape index (κ1) is 16.2. The number of nitriles is 1. The molecule has 0 heterocycles. The zero-order chi connectivity index (χ0) is 16.8. The van der Waals surface area contributed by atoms with Crippen LogP contribution in [0.2, 0.25) is 0 Å². The molecule has 0 fully saturated rings. The average Bonchev–Trinajstić information content (AvgIpc) is 2.53. The molecule has 0 saturated heterocycles. The number of halogens is 1. The van der Waals surface area contributed by atoms with Crippen molar-refractivity contribution >= 4 is 23.1 Å². The number of nitrogens with one attached hydrogen (secondary N) is 1. The van der Waals surface area contributed by atoms with Gasteiger partial charge in [-0.2, -0.15) is 5.26 Å². The highest BCUT2D eigenvalue weighted by Gasteiger charge is 2.12. The molecule has 2 aromatic carbocycles. The summed E-state index contributed by atoms with van der Waals surface area (Å²) in [6.07, 6.45) is 1.88. The van der Waals surface area contributed by atoms with Gasteiger partial charge in [0, 0.05) is 11.3 Å². The molecule has 0 aliphatic carbocycles. The fraction of sp³-hybridized carbons (Fsp3) is 0.118. The van der Waals surface area contributed by atoms with Gasteiger partial charge in [0.25, 0.3) is 0 Å². The standard InChI is InChI=1S/C17H14FN3O2/c1-12(22)13-3-2-4-15(9-13)20-17(23)10-21(11-19)16-7-5-14(18)6-8-16/h2-9H,10H2,1H3,(H,20,23). The topological polar surface area (TPSA) is 73.2 Å². The maximum atomic E-state index is 12.9. The Morgan fingerprint density at radius 1 is 1.22 bits per heavy atom. The van der Waals surface area contributed by atoms with E-state index in [1.54, 1.807) is 24.3 Å². The average molecular weight is 311 g/mol. The van der Waals surface area contributed by atoms with Crippen LogP contribution in [0.4, 0.5) is 15.8 Å². The van der Waals surface area contributed by atoms with E-state index in [0.29, 0.717) is 16.9 Å². The minimum atomic E-state index is -0.420. The van der Waals surface area contributed by atoms with Crippen LogP contribution in [0.5, 0.6) is 0 Å². The maximum Gasteiger partial charge on any atom is 0.245 e. The second-order valence-corrected chi connectivity index (χ2v) is 4.85. The fourth-order valence-corrected chi connectivity index (χ4v) is 1.97. The number of carbonyl (C=O) groups is 2. The molecule has 0 spiro atoms. The molecule has 2 rings (SSSR count). The van der Waals surface area contributed by atoms with Gasteiger partial charge in [0.05, 0.1) is 5.69 Å². The van der Waals surface area contributed by atoms with Crippen molar-refractivity contribution in [1.29, 1.82) is 5.26 Å². The summed E-state index contributed by atoms with van der Waals surface area (Å²) >= 11 is 0. The first-order valence-electron chi connectivity index (χ1n) is 6.83. The van der Waals surface area contributed by atoms with Crippen LogP contribution in [0.15, 0.2) is 48.5 Å². The highest BCUT2D eigenvalue weighted by Crippen LogP contribution is 2.15. The third-order valence-corrected chi connectivity index (χ3v) is 3.11. The van der Waals surface area contributed by atoms with Gasteiger partial charge in [0.15, 0.2) is 12.0 Å². The summed E-state index contributed by atoms with van der Waals surface area (Å²) in [6.45, 7) is 1.22. The molecule has 5 nitrogen and oxygen atoms in total. The number of amides is 1. The molecule has 1 amide bonds. The Bertz CT molecular complexity index is 766. The molecule has 0 bridgehead atoms. The summed E-state index contributed by atoms with van der Waals surface area (Å²) in [5.74, 6) is -0.945. The van der Waals surface area contributed by atoms with Gasteiger partial charge in [-0.25, -0.2) is 4.39 Å². The van der Waals surface area contributed by atoms with Crippen molar-refractivity contribution in [2.75, 3.05) is 16.8 Å². The largest absolute Gasteiger partial charge is 0.324 e. The van der Waals surface area contributed by atoms with E-state index in [4.69, 9.17) is 5.26 Å². The third kappa shape index (κ3) is 4.38. The predicted molar refractivity (Wildman–Crippen MR) is 84.4 cm³/mol. The van der Waals surface area contributed by atoms with Crippen molar-refractivity contribution in [1.82, 2.24) is 0 Å². The lowest BCUT2D eigenvalue weighted by Crippen LogP contribution is -2.29. The maximum absolute atomic E-state index is 12.9. The zero-order valence-corrected chi connectivity index (χ0v) is 12.4. The van der Waals surface area contributed by atoms with Crippen LogP contribution >= 0.6 is 0 Å². The lowest BCUT2D eigenvalue weighted by atomic mass is 10.1. The number of Topliss-reactive ketones (excluding diaryl/α,β-unsaturated/α-hetero) is 1. The molecule has 0 atom stereocenters. The predicted octanol–water partition coefficient (Wildman–Crippen LogP) is 2.95. The second-order valence-electron chi connectivity index (χ2n) is 4.85. The van der Waals surface area contributed by atoms with Gasteiger partial charge in [-0.3, -0.25) is 14.5 Å². The first-order chi connectivity index (χ1) is 11.0. The number of nitrogens with zero attached hydrogens (tertiary/aromatic N) is 2.